The number of ether oxygens (including phenoxy) is 3. The molecule has 30 heavy (non-hydrogen) atoms. The smallest absolute Gasteiger partial charge is 0.410 e. The molecule has 170 valence electrons. The van der Waals surface area contributed by atoms with Crippen molar-refractivity contribution in [3.05, 3.63) is 0 Å². The molecule has 0 saturated carbocycles. The minimum atomic E-state index is -0.600. The summed E-state index contributed by atoms with van der Waals surface area (Å²) in [6, 6.07) is 0. The lowest BCUT2D eigenvalue weighted by Crippen LogP contribution is -2.46. The summed E-state index contributed by atoms with van der Waals surface area (Å²) in [5, 5.41) is 0. The van der Waals surface area contributed by atoms with Gasteiger partial charge in [0.25, 0.3) is 5.91 Å². The van der Waals surface area contributed by atoms with Gasteiger partial charge in [0.1, 0.15) is 5.60 Å². The van der Waals surface area contributed by atoms with E-state index in [0.717, 1.165) is 0 Å². The molecule has 9 heteroatoms. The molecular formula is C21H34N2O7. The third-order valence-corrected chi connectivity index (χ3v) is 5.21. The van der Waals surface area contributed by atoms with Crippen LogP contribution in [-0.2, 0) is 28.6 Å². The molecule has 0 N–H and O–H groups in total. The Bertz CT molecular complexity index is 636. The van der Waals surface area contributed by atoms with Crippen LogP contribution in [-0.4, -0.2) is 78.7 Å². The number of esters is 2. The van der Waals surface area contributed by atoms with E-state index in [0.29, 0.717) is 51.9 Å². The first-order valence-electron chi connectivity index (χ1n) is 10.7. The minimum Gasteiger partial charge on any atom is -0.466 e. The number of hydrogen-bond donors (Lipinski definition) is 0. The largest absolute Gasteiger partial charge is 0.466 e. The maximum absolute atomic E-state index is 12.4. The van der Waals surface area contributed by atoms with E-state index < -0.39 is 23.6 Å². The van der Waals surface area contributed by atoms with Gasteiger partial charge in [-0.2, -0.15) is 0 Å². The fraction of sp³-hybridized carbons (Fsp3) is 0.810. The first-order chi connectivity index (χ1) is 14.1. The Morgan fingerprint density at radius 3 is 2.10 bits per heavy atom. The van der Waals surface area contributed by atoms with E-state index >= 15 is 0 Å². The van der Waals surface area contributed by atoms with Crippen molar-refractivity contribution >= 4 is 23.9 Å². The van der Waals surface area contributed by atoms with Crippen LogP contribution < -0.4 is 0 Å². The van der Waals surface area contributed by atoms with Crippen LogP contribution in [0.5, 0.6) is 0 Å². The maximum Gasteiger partial charge on any atom is 0.410 e. The predicted octanol–water partition coefficient (Wildman–Crippen LogP) is 1.98. The topological polar surface area (TPSA) is 102 Å². The van der Waals surface area contributed by atoms with E-state index in [-0.39, 0.29) is 30.9 Å². The van der Waals surface area contributed by atoms with Gasteiger partial charge in [-0.3, -0.25) is 14.4 Å². The van der Waals surface area contributed by atoms with Gasteiger partial charge in [0, 0.05) is 26.2 Å². The fourth-order valence-electron chi connectivity index (χ4n) is 3.63. The van der Waals surface area contributed by atoms with Gasteiger partial charge in [-0.05, 0) is 53.4 Å². The van der Waals surface area contributed by atoms with Crippen LogP contribution in [0.3, 0.4) is 0 Å². The third-order valence-electron chi connectivity index (χ3n) is 5.21. The van der Waals surface area contributed by atoms with Crippen LogP contribution in [0.2, 0.25) is 0 Å². The number of carbonyl (C=O) groups is 4. The molecule has 0 aliphatic carbocycles. The lowest BCUT2D eigenvalue weighted by Gasteiger charge is -2.33. The Balaban J connectivity index is 1.75. The standard InChI is InChI=1S/C21H34N2O7/c1-5-28-18(25)15-8-11-22(12-9-15)17(24)14-29-19(26)16-7-6-10-23(13-16)20(27)30-21(2,3)4/h15-16H,5-14H2,1-4H3. The molecule has 2 amide bonds. The molecule has 1 unspecified atom stereocenters. The number of hydrogen-bond acceptors (Lipinski definition) is 7. The van der Waals surface area contributed by atoms with E-state index in [1.807, 2.05) is 0 Å². The SMILES string of the molecule is CCOC(=O)C1CCN(C(=O)COC(=O)C2CCCN(C(=O)OC(C)(C)C)C2)CC1. The van der Waals surface area contributed by atoms with Crippen molar-refractivity contribution in [2.24, 2.45) is 11.8 Å². The Hall–Kier alpha value is -2.32. The summed E-state index contributed by atoms with van der Waals surface area (Å²) in [6.45, 7) is 8.81. The van der Waals surface area contributed by atoms with Gasteiger partial charge >= 0.3 is 18.0 Å². The Kier molecular flexibility index (Phi) is 8.49. The summed E-state index contributed by atoms with van der Waals surface area (Å²) in [5.74, 6) is -1.61. The monoisotopic (exact) mass is 426 g/mol. The summed E-state index contributed by atoms with van der Waals surface area (Å²) in [4.78, 5) is 51.9. The van der Waals surface area contributed by atoms with Gasteiger partial charge in [0.05, 0.1) is 18.4 Å². The molecule has 0 aromatic carbocycles. The fourth-order valence-corrected chi connectivity index (χ4v) is 3.63. The highest BCUT2D eigenvalue weighted by Gasteiger charge is 2.33. The van der Waals surface area contributed by atoms with Crippen molar-refractivity contribution in [1.82, 2.24) is 9.80 Å². The van der Waals surface area contributed by atoms with Crippen LogP contribution in [0.25, 0.3) is 0 Å². The van der Waals surface area contributed by atoms with Crippen LogP contribution in [0.15, 0.2) is 0 Å². The molecule has 2 rings (SSSR count). The molecule has 9 nitrogen and oxygen atoms in total. The normalized spacial score (nSPS) is 20.5. The minimum absolute atomic E-state index is 0.183. The summed E-state index contributed by atoms with van der Waals surface area (Å²) in [5.41, 5.74) is -0.600. The second-order valence-electron chi connectivity index (χ2n) is 8.78. The number of carbonyl (C=O) groups excluding carboxylic acids is 4. The lowest BCUT2D eigenvalue weighted by atomic mass is 9.97. The Morgan fingerprint density at radius 2 is 1.50 bits per heavy atom. The Labute approximate surface area is 178 Å². The van der Waals surface area contributed by atoms with Crippen molar-refractivity contribution < 1.29 is 33.4 Å². The van der Waals surface area contributed by atoms with Crippen molar-refractivity contribution in [3.63, 3.8) is 0 Å². The van der Waals surface area contributed by atoms with Gasteiger partial charge in [-0.1, -0.05) is 0 Å². The number of nitrogens with zero attached hydrogens (tertiary/aromatic N) is 2. The van der Waals surface area contributed by atoms with Gasteiger partial charge in [-0.15, -0.1) is 0 Å². The van der Waals surface area contributed by atoms with E-state index in [9.17, 15) is 19.2 Å². The van der Waals surface area contributed by atoms with Crippen LogP contribution >= 0.6 is 0 Å². The lowest BCUT2D eigenvalue weighted by molar-refractivity contribution is -0.158. The highest BCUT2D eigenvalue weighted by molar-refractivity contribution is 5.82. The number of piperidine rings is 2. The summed E-state index contributed by atoms with van der Waals surface area (Å²) >= 11 is 0. The highest BCUT2D eigenvalue weighted by Crippen LogP contribution is 2.21. The molecule has 2 aliphatic heterocycles. The average Bonchev–Trinajstić information content (AvgIpc) is 2.71. The maximum atomic E-state index is 12.4. The quantitative estimate of drug-likeness (QED) is 0.489. The van der Waals surface area contributed by atoms with E-state index in [1.165, 1.54) is 4.90 Å². The molecule has 0 aromatic rings. The van der Waals surface area contributed by atoms with Gasteiger partial charge in [0.2, 0.25) is 0 Å². The zero-order chi connectivity index (χ0) is 22.3. The molecule has 1 atom stereocenters. The van der Waals surface area contributed by atoms with E-state index in [4.69, 9.17) is 14.2 Å². The average molecular weight is 427 g/mol. The molecule has 2 saturated heterocycles. The molecule has 2 fully saturated rings. The molecule has 0 aromatic heterocycles. The first kappa shape index (κ1) is 24.0. The second-order valence-corrected chi connectivity index (χ2v) is 8.78. The molecule has 0 spiro atoms. The molecule has 2 heterocycles. The highest BCUT2D eigenvalue weighted by atomic mass is 16.6. The van der Waals surface area contributed by atoms with Crippen LogP contribution in [0.1, 0.15) is 53.4 Å². The van der Waals surface area contributed by atoms with Gasteiger partial charge in [0.15, 0.2) is 6.61 Å². The first-order valence-corrected chi connectivity index (χ1v) is 10.7. The van der Waals surface area contributed by atoms with E-state index in [1.54, 1.807) is 32.6 Å². The zero-order valence-corrected chi connectivity index (χ0v) is 18.5. The Morgan fingerprint density at radius 1 is 0.867 bits per heavy atom. The van der Waals surface area contributed by atoms with Crippen molar-refractivity contribution in [3.8, 4) is 0 Å². The van der Waals surface area contributed by atoms with Crippen molar-refractivity contribution in [1.29, 1.82) is 0 Å². The summed E-state index contributed by atoms with van der Waals surface area (Å²) in [7, 11) is 0. The van der Waals surface area contributed by atoms with Gasteiger partial charge < -0.3 is 24.0 Å². The van der Waals surface area contributed by atoms with Gasteiger partial charge in [-0.25, -0.2) is 4.79 Å². The van der Waals surface area contributed by atoms with E-state index in [2.05, 4.69) is 0 Å². The van der Waals surface area contributed by atoms with Crippen molar-refractivity contribution in [2.75, 3.05) is 39.4 Å². The third kappa shape index (κ3) is 7.18. The number of amides is 2. The number of likely N-dealkylation sites (tertiary alicyclic amines) is 2. The summed E-state index contributed by atoms with van der Waals surface area (Å²) in [6.07, 6.45) is 1.93. The zero-order valence-electron chi connectivity index (χ0n) is 18.5. The number of rotatable bonds is 5. The second kappa shape index (κ2) is 10.6. The van der Waals surface area contributed by atoms with Crippen molar-refractivity contribution in [2.45, 2.75) is 59.0 Å². The molecular weight excluding hydrogens is 392 g/mol. The van der Waals surface area contributed by atoms with Crippen LogP contribution in [0.4, 0.5) is 4.79 Å². The van der Waals surface area contributed by atoms with Crippen LogP contribution in [0, 0.1) is 11.8 Å². The summed E-state index contributed by atoms with van der Waals surface area (Å²) < 4.78 is 15.6. The predicted molar refractivity (Wildman–Crippen MR) is 107 cm³/mol. The molecule has 0 bridgehead atoms. The molecule has 2 aliphatic rings. The molecule has 0 radical (unpaired) electrons.